The molecule has 0 unspecified atom stereocenters. The predicted molar refractivity (Wildman–Crippen MR) is 118 cm³/mol. The molecule has 0 spiro atoms. The van der Waals surface area contributed by atoms with Crippen LogP contribution in [0.4, 0.5) is 4.79 Å². The smallest absolute Gasteiger partial charge is 0.408 e. The van der Waals surface area contributed by atoms with Gasteiger partial charge in [-0.15, -0.1) is 0 Å². The number of fused-ring (bicyclic) bond motifs is 1. The Bertz CT molecular complexity index is 1090. The second-order valence-electron chi connectivity index (χ2n) is 8.15. The summed E-state index contributed by atoms with van der Waals surface area (Å²) in [6.45, 7) is 7.24. The molecule has 2 aromatic rings. The van der Waals surface area contributed by atoms with Crippen LogP contribution in [0.15, 0.2) is 23.0 Å². The number of carbonyl (C=O) groups excluding carboxylic acids is 1. The molecular formula is C20H28ClN3O5S. The number of ether oxygens (including phenoxy) is 1. The normalized spacial score (nSPS) is 13.3. The van der Waals surface area contributed by atoms with Crippen LogP contribution in [0.1, 0.15) is 52.4 Å². The van der Waals surface area contributed by atoms with Crippen molar-refractivity contribution in [3.63, 3.8) is 0 Å². The van der Waals surface area contributed by atoms with Gasteiger partial charge in [-0.3, -0.25) is 9.36 Å². The lowest BCUT2D eigenvalue weighted by Gasteiger charge is -2.24. The minimum Gasteiger partial charge on any atom is -0.444 e. The zero-order valence-corrected chi connectivity index (χ0v) is 19.4. The van der Waals surface area contributed by atoms with Crippen molar-refractivity contribution in [3.05, 3.63) is 39.4 Å². The number of aromatic nitrogens is 2. The fraction of sp³-hybridized carbons (Fsp3) is 0.550. The number of benzene rings is 1. The summed E-state index contributed by atoms with van der Waals surface area (Å²) >= 11 is 6.22. The first-order chi connectivity index (χ1) is 13.8. The van der Waals surface area contributed by atoms with E-state index in [9.17, 15) is 18.0 Å². The molecule has 1 aromatic heterocycles. The second-order valence-corrected chi connectivity index (χ2v) is 10.8. The van der Waals surface area contributed by atoms with Gasteiger partial charge in [0.2, 0.25) is 0 Å². The van der Waals surface area contributed by atoms with Gasteiger partial charge < -0.3 is 10.1 Å². The van der Waals surface area contributed by atoms with E-state index in [0.29, 0.717) is 17.8 Å². The molecular weight excluding hydrogens is 430 g/mol. The van der Waals surface area contributed by atoms with Gasteiger partial charge in [0, 0.05) is 12.8 Å². The minimum absolute atomic E-state index is 0.0737. The molecule has 1 atom stereocenters. The van der Waals surface area contributed by atoms with Crippen LogP contribution in [0.5, 0.6) is 0 Å². The van der Waals surface area contributed by atoms with Gasteiger partial charge in [-0.2, -0.15) is 0 Å². The summed E-state index contributed by atoms with van der Waals surface area (Å²) in [6, 6.07) is 4.36. The standard InChI is InChI=1S/C20H28ClN3O5S/c1-6-14(23-19(26)29-20(2,3)4)17-22-15-10-7-9-13(21)16(15)18(25)24(17)11-8-12-30(5,27)28/h7,9-10,14H,6,8,11-12H2,1-5H3,(H,23,26)/t14-/m0/s1. The third-order valence-electron chi connectivity index (χ3n) is 4.27. The summed E-state index contributed by atoms with van der Waals surface area (Å²) in [5, 5.41) is 3.28. The van der Waals surface area contributed by atoms with Gasteiger partial charge in [-0.1, -0.05) is 24.6 Å². The van der Waals surface area contributed by atoms with Crippen molar-refractivity contribution in [2.75, 3.05) is 12.0 Å². The maximum absolute atomic E-state index is 13.2. The number of amides is 1. The van der Waals surface area contributed by atoms with E-state index in [1.165, 1.54) is 4.57 Å². The Morgan fingerprint density at radius 2 is 2.00 bits per heavy atom. The van der Waals surface area contributed by atoms with E-state index in [0.717, 1.165) is 6.26 Å². The van der Waals surface area contributed by atoms with E-state index < -0.39 is 27.6 Å². The maximum Gasteiger partial charge on any atom is 0.408 e. The Hall–Kier alpha value is -2.13. The van der Waals surface area contributed by atoms with Gasteiger partial charge in [0.15, 0.2) is 0 Å². The highest BCUT2D eigenvalue weighted by atomic mass is 35.5. The van der Waals surface area contributed by atoms with Crippen molar-refractivity contribution >= 4 is 38.4 Å². The average Bonchev–Trinajstić information content (AvgIpc) is 2.59. The predicted octanol–water partition coefficient (Wildman–Crippen LogP) is 3.46. The molecule has 30 heavy (non-hydrogen) atoms. The number of hydrogen-bond acceptors (Lipinski definition) is 6. The van der Waals surface area contributed by atoms with Crippen molar-refractivity contribution in [1.82, 2.24) is 14.9 Å². The molecule has 1 amide bonds. The van der Waals surface area contributed by atoms with E-state index in [1.807, 2.05) is 6.92 Å². The summed E-state index contributed by atoms with van der Waals surface area (Å²) in [6.07, 6.45) is 1.19. The Labute approximate surface area is 181 Å². The van der Waals surface area contributed by atoms with Crippen LogP contribution in [-0.4, -0.2) is 41.7 Å². The van der Waals surface area contributed by atoms with E-state index in [-0.39, 0.29) is 34.7 Å². The first-order valence-electron chi connectivity index (χ1n) is 9.68. The molecule has 1 aromatic carbocycles. The molecule has 0 aliphatic heterocycles. The van der Waals surface area contributed by atoms with E-state index in [1.54, 1.807) is 39.0 Å². The number of nitrogens with zero attached hydrogens (tertiary/aromatic N) is 2. The van der Waals surface area contributed by atoms with Gasteiger partial charge in [-0.25, -0.2) is 18.2 Å². The van der Waals surface area contributed by atoms with Crippen LogP contribution in [0.2, 0.25) is 5.02 Å². The molecule has 0 bridgehead atoms. The Morgan fingerprint density at radius 1 is 1.33 bits per heavy atom. The maximum atomic E-state index is 13.2. The van der Waals surface area contributed by atoms with Gasteiger partial charge in [0.05, 0.1) is 27.7 Å². The van der Waals surface area contributed by atoms with Gasteiger partial charge in [0.25, 0.3) is 5.56 Å². The molecule has 0 fully saturated rings. The highest BCUT2D eigenvalue weighted by molar-refractivity contribution is 7.90. The number of halogens is 1. The number of carbonyl (C=O) groups is 1. The lowest BCUT2D eigenvalue weighted by Crippen LogP contribution is -2.38. The second kappa shape index (κ2) is 9.34. The van der Waals surface area contributed by atoms with Gasteiger partial charge in [0.1, 0.15) is 21.3 Å². The molecule has 1 heterocycles. The molecule has 2 rings (SSSR count). The van der Waals surface area contributed by atoms with Gasteiger partial charge in [-0.05, 0) is 45.7 Å². The number of hydrogen-bond donors (Lipinski definition) is 1. The van der Waals surface area contributed by atoms with E-state index in [4.69, 9.17) is 16.3 Å². The number of rotatable bonds is 7. The summed E-state index contributed by atoms with van der Waals surface area (Å²) < 4.78 is 29.8. The summed E-state index contributed by atoms with van der Waals surface area (Å²) in [5.74, 6) is 0.257. The van der Waals surface area contributed by atoms with Crippen LogP contribution in [0.3, 0.4) is 0 Å². The van der Waals surface area contributed by atoms with Crippen molar-refractivity contribution in [3.8, 4) is 0 Å². The Balaban J connectivity index is 2.52. The highest BCUT2D eigenvalue weighted by Crippen LogP contribution is 2.22. The van der Waals surface area contributed by atoms with Crippen molar-refractivity contribution in [2.45, 2.75) is 58.7 Å². The SMILES string of the molecule is CC[C@H](NC(=O)OC(C)(C)C)c1nc2cccc(Cl)c2c(=O)n1CCCS(C)(=O)=O. The fourth-order valence-corrected chi connectivity index (χ4v) is 3.91. The molecule has 0 aliphatic carbocycles. The lowest BCUT2D eigenvalue weighted by molar-refractivity contribution is 0.0498. The van der Waals surface area contributed by atoms with Crippen molar-refractivity contribution < 1.29 is 17.9 Å². The minimum atomic E-state index is -3.19. The van der Waals surface area contributed by atoms with Crippen LogP contribution in [-0.2, 0) is 21.1 Å². The van der Waals surface area contributed by atoms with Gasteiger partial charge >= 0.3 is 6.09 Å². The van der Waals surface area contributed by atoms with E-state index in [2.05, 4.69) is 10.3 Å². The quantitative estimate of drug-likeness (QED) is 0.682. The average molecular weight is 458 g/mol. The monoisotopic (exact) mass is 457 g/mol. The van der Waals surface area contributed by atoms with Crippen LogP contribution < -0.4 is 10.9 Å². The highest BCUT2D eigenvalue weighted by Gasteiger charge is 2.24. The topological polar surface area (TPSA) is 107 Å². The summed E-state index contributed by atoms with van der Waals surface area (Å²) in [7, 11) is -3.19. The third-order valence-corrected chi connectivity index (χ3v) is 5.62. The summed E-state index contributed by atoms with van der Waals surface area (Å²) in [4.78, 5) is 30.1. The van der Waals surface area contributed by atoms with Crippen LogP contribution in [0.25, 0.3) is 10.9 Å². The molecule has 0 radical (unpaired) electrons. The molecule has 166 valence electrons. The third kappa shape index (κ3) is 6.43. The number of alkyl carbamates (subject to hydrolysis) is 1. The molecule has 0 aliphatic rings. The largest absolute Gasteiger partial charge is 0.444 e. The first kappa shape index (κ1) is 24.1. The van der Waals surface area contributed by atoms with Crippen LogP contribution in [0, 0.1) is 0 Å². The lowest BCUT2D eigenvalue weighted by atomic mass is 10.1. The van der Waals surface area contributed by atoms with Crippen molar-refractivity contribution in [2.24, 2.45) is 0 Å². The molecule has 0 saturated heterocycles. The molecule has 10 heteroatoms. The fourth-order valence-electron chi connectivity index (χ4n) is 3.01. The summed E-state index contributed by atoms with van der Waals surface area (Å²) in [5.41, 5.74) is -0.646. The number of sulfone groups is 1. The molecule has 8 nitrogen and oxygen atoms in total. The Morgan fingerprint density at radius 3 is 2.57 bits per heavy atom. The zero-order valence-electron chi connectivity index (χ0n) is 17.9. The molecule has 1 N–H and O–H groups in total. The number of nitrogens with one attached hydrogen (secondary N) is 1. The first-order valence-corrected chi connectivity index (χ1v) is 12.1. The zero-order chi connectivity index (χ0) is 22.7. The molecule has 0 saturated carbocycles. The van der Waals surface area contributed by atoms with E-state index >= 15 is 0 Å². The Kier molecular flexibility index (Phi) is 7.52. The van der Waals surface area contributed by atoms with Crippen LogP contribution >= 0.6 is 11.6 Å². The van der Waals surface area contributed by atoms with Crippen molar-refractivity contribution in [1.29, 1.82) is 0 Å².